The van der Waals surface area contributed by atoms with Gasteiger partial charge in [-0.1, -0.05) is 0 Å². The Balaban J connectivity index is 1.97. The maximum atomic E-state index is 12.3. The number of aromatic nitrogens is 3. The molecule has 0 bridgehead atoms. The molecule has 0 aromatic carbocycles. The number of amides is 1. The van der Waals surface area contributed by atoms with Crippen LogP contribution in [-0.2, 0) is 17.7 Å². The van der Waals surface area contributed by atoms with Crippen molar-refractivity contribution in [1.82, 2.24) is 19.4 Å². The van der Waals surface area contributed by atoms with Crippen molar-refractivity contribution in [1.29, 1.82) is 0 Å². The number of hydrogen-bond acceptors (Lipinski definition) is 4. The van der Waals surface area contributed by atoms with Gasteiger partial charge in [0.05, 0.1) is 12.9 Å². The van der Waals surface area contributed by atoms with E-state index in [9.17, 15) is 9.59 Å². The van der Waals surface area contributed by atoms with Crippen molar-refractivity contribution in [3.05, 3.63) is 33.8 Å². The van der Waals surface area contributed by atoms with Crippen molar-refractivity contribution in [2.45, 2.75) is 39.3 Å². The Bertz CT molecular complexity index is 897. The summed E-state index contributed by atoms with van der Waals surface area (Å²) >= 11 is 0. The first-order valence-electron chi connectivity index (χ1n) is 7.76. The number of rotatable bonds is 0. The Morgan fingerprint density at radius 3 is 2.79 bits per heavy atom. The van der Waals surface area contributed by atoms with Crippen LogP contribution < -0.4 is 5.56 Å². The van der Waals surface area contributed by atoms with Crippen molar-refractivity contribution in [3.8, 4) is 0 Å². The molecule has 0 spiro atoms. The quantitative estimate of drug-likeness (QED) is 0.750. The minimum Gasteiger partial charge on any atom is -0.444 e. The van der Waals surface area contributed by atoms with Gasteiger partial charge in [0.15, 0.2) is 0 Å². The lowest BCUT2D eigenvalue weighted by molar-refractivity contribution is 0.0254. The van der Waals surface area contributed by atoms with Crippen LogP contribution in [0.15, 0.2) is 11.1 Å². The molecule has 126 valence electrons. The zero-order chi connectivity index (χ0) is 17.5. The molecule has 2 aromatic rings. The molecule has 0 radical (unpaired) electrons. The third-order valence-electron chi connectivity index (χ3n) is 3.90. The predicted molar refractivity (Wildman–Crippen MR) is 88.1 cm³/mol. The van der Waals surface area contributed by atoms with Crippen LogP contribution in [0.2, 0.25) is 0 Å². The van der Waals surface area contributed by atoms with Gasteiger partial charge in [-0.25, -0.2) is 14.6 Å². The highest BCUT2D eigenvalue weighted by Crippen LogP contribution is 2.32. The molecule has 1 N–H and O–H groups in total. The monoisotopic (exact) mass is 329 g/mol. The zero-order valence-corrected chi connectivity index (χ0v) is 13.9. The van der Waals surface area contributed by atoms with Crippen LogP contribution in [0.25, 0.3) is 15.9 Å². The standard InChI is InChI=1S/C16H19N5O3/c1-16(2,3)24-15(23)20-6-5-10-11(17-4)12-13(21(10)8-7-20)14(22)19-9-18-12/h9H,5-8H2,1-3H3,(H,18,19,22). The summed E-state index contributed by atoms with van der Waals surface area (Å²) in [6, 6.07) is 0. The van der Waals surface area contributed by atoms with Gasteiger partial charge < -0.3 is 19.2 Å². The summed E-state index contributed by atoms with van der Waals surface area (Å²) in [4.78, 5) is 36.3. The number of carbonyl (C=O) groups is 1. The first-order chi connectivity index (χ1) is 11.3. The number of fused-ring (bicyclic) bond motifs is 3. The van der Waals surface area contributed by atoms with Gasteiger partial charge in [0.25, 0.3) is 5.56 Å². The Labute approximate surface area is 138 Å². The lowest BCUT2D eigenvalue weighted by Crippen LogP contribution is -2.38. The number of aromatic amines is 1. The summed E-state index contributed by atoms with van der Waals surface area (Å²) in [5.41, 5.74) is 1.12. The lowest BCUT2D eigenvalue weighted by Gasteiger charge is -2.26. The fourth-order valence-electron chi connectivity index (χ4n) is 2.92. The fourth-order valence-corrected chi connectivity index (χ4v) is 2.92. The summed E-state index contributed by atoms with van der Waals surface area (Å²) in [5, 5.41) is 0. The Morgan fingerprint density at radius 1 is 1.38 bits per heavy atom. The van der Waals surface area contributed by atoms with E-state index in [0.29, 0.717) is 42.8 Å². The highest BCUT2D eigenvalue weighted by Gasteiger charge is 2.28. The molecule has 1 aliphatic heterocycles. The van der Waals surface area contributed by atoms with E-state index in [1.165, 1.54) is 6.33 Å². The van der Waals surface area contributed by atoms with Gasteiger partial charge in [0, 0.05) is 25.3 Å². The van der Waals surface area contributed by atoms with E-state index >= 15 is 0 Å². The van der Waals surface area contributed by atoms with Crippen LogP contribution in [0, 0.1) is 6.57 Å². The van der Waals surface area contributed by atoms with E-state index in [-0.39, 0.29) is 11.7 Å². The van der Waals surface area contributed by atoms with Crippen molar-refractivity contribution in [2.75, 3.05) is 13.1 Å². The Kier molecular flexibility index (Phi) is 3.79. The van der Waals surface area contributed by atoms with Crippen LogP contribution in [0.5, 0.6) is 0 Å². The van der Waals surface area contributed by atoms with Crippen molar-refractivity contribution in [3.63, 3.8) is 0 Å². The second kappa shape index (κ2) is 5.67. The average Bonchev–Trinajstić information content (AvgIpc) is 2.64. The second-order valence-corrected chi connectivity index (χ2v) is 6.71. The number of ether oxygens (including phenoxy) is 1. The molecule has 0 fully saturated rings. The molecule has 3 heterocycles. The molecular weight excluding hydrogens is 310 g/mol. The van der Waals surface area contributed by atoms with E-state index in [2.05, 4.69) is 14.8 Å². The van der Waals surface area contributed by atoms with Gasteiger partial charge in [-0.15, -0.1) is 0 Å². The van der Waals surface area contributed by atoms with Crippen LogP contribution in [-0.4, -0.2) is 44.2 Å². The number of carbonyl (C=O) groups excluding carboxylic acids is 1. The molecule has 8 nitrogen and oxygen atoms in total. The van der Waals surface area contributed by atoms with Gasteiger partial charge in [-0.05, 0) is 27.2 Å². The second-order valence-electron chi connectivity index (χ2n) is 6.71. The van der Waals surface area contributed by atoms with Gasteiger partial charge >= 0.3 is 6.09 Å². The van der Waals surface area contributed by atoms with Crippen LogP contribution in [0.1, 0.15) is 26.5 Å². The molecule has 0 unspecified atom stereocenters. The molecule has 0 saturated heterocycles. The normalized spacial score (nSPS) is 14.8. The summed E-state index contributed by atoms with van der Waals surface area (Å²) in [6.07, 6.45) is 1.41. The fraction of sp³-hybridized carbons (Fsp3) is 0.500. The third kappa shape index (κ3) is 2.73. The molecule has 0 aliphatic carbocycles. The highest BCUT2D eigenvalue weighted by atomic mass is 16.6. The topological polar surface area (TPSA) is 84.6 Å². The maximum Gasteiger partial charge on any atom is 0.410 e. The molecule has 1 amide bonds. The number of H-pyrrole nitrogens is 1. The molecular formula is C16H19N5O3. The Hall–Kier alpha value is -2.82. The van der Waals surface area contributed by atoms with Crippen molar-refractivity contribution < 1.29 is 9.53 Å². The summed E-state index contributed by atoms with van der Waals surface area (Å²) in [6.45, 7) is 14.2. The Morgan fingerprint density at radius 2 is 2.12 bits per heavy atom. The van der Waals surface area contributed by atoms with Gasteiger partial charge in [-0.2, -0.15) is 0 Å². The lowest BCUT2D eigenvalue weighted by atomic mass is 10.2. The summed E-state index contributed by atoms with van der Waals surface area (Å²) < 4.78 is 7.22. The van der Waals surface area contributed by atoms with Crippen LogP contribution in [0.4, 0.5) is 10.5 Å². The number of nitrogens with one attached hydrogen (secondary N) is 1. The molecule has 8 heteroatoms. The molecule has 0 atom stereocenters. The summed E-state index contributed by atoms with van der Waals surface area (Å²) in [7, 11) is 0. The minimum absolute atomic E-state index is 0.276. The van der Waals surface area contributed by atoms with Crippen LogP contribution >= 0.6 is 0 Å². The molecule has 24 heavy (non-hydrogen) atoms. The molecule has 2 aromatic heterocycles. The first kappa shape index (κ1) is 16.1. The van der Waals surface area contributed by atoms with Crippen LogP contribution in [0.3, 0.4) is 0 Å². The molecule has 0 saturated carbocycles. The minimum atomic E-state index is -0.561. The SMILES string of the molecule is [C-]#[N+]c1c2n(c3c(=O)[nH]cnc13)CCN(C(=O)OC(C)(C)C)CC2. The molecule has 1 aliphatic rings. The smallest absolute Gasteiger partial charge is 0.410 e. The summed E-state index contributed by atoms with van der Waals surface area (Å²) in [5.74, 6) is 0. The highest BCUT2D eigenvalue weighted by molar-refractivity contribution is 5.91. The van der Waals surface area contributed by atoms with Gasteiger partial charge in [0.2, 0.25) is 5.69 Å². The first-order valence-corrected chi connectivity index (χ1v) is 7.76. The van der Waals surface area contributed by atoms with Gasteiger partial charge in [0.1, 0.15) is 16.6 Å². The van der Waals surface area contributed by atoms with Crippen molar-refractivity contribution >= 4 is 22.8 Å². The van der Waals surface area contributed by atoms with E-state index in [0.717, 1.165) is 5.69 Å². The number of nitrogens with zero attached hydrogens (tertiary/aromatic N) is 4. The largest absolute Gasteiger partial charge is 0.444 e. The third-order valence-corrected chi connectivity index (χ3v) is 3.90. The van der Waals surface area contributed by atoms with Gasteiger partial charge in [-0.3, -0.25) is 4.79 Å². The van der Waals surface area contributed by atoms with E-state index < -0.39 is 5.60 Å². The maximum absolute atomic E-state index is 12.3. The van der Waals surface area contributed by atoms with E-state index in [1.807, 2.05) is 20.8 Å². The van der Waals surface area contributed by atoms with E-state index in [4.69, 9.17) is 11.3 Å². The molecule has 3 rings (SSSR count). The predicted octanol–water partition coefficient (Wildman–Crippen LogP) is 2.07. The zero-order valence-electron chi connectivity index (χ0n) is 13.9. The number of hydrogen-bond donors (Lipinski definition) is 1. The average molecular weight is 329 g/mol. The van der Waals surface area contributed by atoms with Crippen molar-refractivity contribution in [2.24, 2.45) is 0 Å². The van der Waals surface area contributed by atoms with E-state index in [1.54, 1.807) is 9.47 Å².